The maximum absolute atomic E-state index is 13.0. The number of piperidine rings is 1. The number of rotatable bonds is 4. The number of amides is 2. The van der Waals surface area contributed by atoms with Gasteiger partial charge in [-0.1, -0.05) is 0 Å². The van der Waals surface area contributed by atoms with Crippen LogP contribution < -0.4 is 10.1 Å². The van der Waals surface area contributed by atoms with Gasteiger partial charge in [-0.05, 0) is 49.2 Å². The van der Waals surface area contributed by atoms with Gasteiger partial charge in [-0.25, -0.2) is 0 Å². The van der Waals surface area contributed by atoms with Crippen molar-refractivity contribution < 1.29 is 14.3 Å². The first-order valence-electron chi connectivity index (χ1n) is 9.37. The number of benzene rings is 1. The largest absolute Gasteiger partial charge is 0.489 e. The van der Waals surface area contributed by atoms with Crippen LogP contribution in [0.5, 0.6) is 5.75 Å². The van der Waals surface area contributed by atoms with E-state index in [1.165, 1.54) is 6.92 Å². The van der Waals surface area contributed by atoms with Crippen molar-refractivity contribution in [2.45, 2.75) is 50.8 Å². The molecule has 2 aromatic rings. The number of pyridine rings is 1. The van der Waals surface area contributed by atoms with Gasteiger partial charge in [0.05, 0.1) is 6.20 Å². The number of ether oxygens (including phenoxy) is 1. The maximum atomic E-state index is 13.0. The minimum atomic E-state index is -0.122. The highest BCUT2D eigenvalue weighted by atomic mass is 16.5. The zero-order chi connectivity index (χ0) is 18.8. The first kappa shape index (κ1) is 17.5. The van der Waals surface area contributed by atoms with E-state index in [0.717, 1.165) is 31.4 Å². The van der Waals surface area contributed by atoms with Gasteiger partial charge in [0.15, 0.2) is 0 Å². The minimum Gasteiger partial charge on any atom is -0.489 e. The number of hydrogen-bond acceptors (Lipinski definition) is 4. The van der Waals surface area contributed by atoms with Crippen LogP contribution >= 0.6 is 0 Å². The molecular weight excluding hydrogens is 342 g/mol. The fraction of sp³-hybridized carbons (Fsp3) is 0.381. The van der Waals surface area contributed by atoms with Crippen LogP contribution in [0.4, 0.5) is 5.69 Å². The summed E-state index contributed by atoms with van der Waals surface area (Å²) in [5.74, 6) is 0.731. The minimum absolute atomic E-state index is 0.0664. The van der Waals surface area contributed by atoms with Crippen LogP contribution in [0, 0.1) is 0 Å². The number of carbonyl (C=O) groups is 2. The number of anilines is 1. The summed E-state index contributed by atoms with van der Waals surface area (Å²) in [7, 11) is 0. The summed E-state index contributed by atoms with van der Waals surface area (Å²) in [6.07, 6.45) is 7.33. The molecule has 1 aromatic carbocycles. The van der Waals surface area contributed by atoms with Crippen LogP contribution in [-0.4, -0.2) is 39.9 Å². The van der Waals surface area contributed by atoms with E-state index >= 15 is 0 Å². The molecule has 1 N–H and O–H groups in total. The van der Waals surface area contributed by atoms with Gasteiger partial charge >= 0.3 is 0 Å². The molecule has 0 aliphatic carbocycles. The molecule has 6 nitrogen and oxygen atoms in total. The molecule has 2 bridgehead atoms. The van der Waals surface area contributed by atoms with Gasteiger partial charge in [0.2, 0.25) is 5.91 Å². The third-order valence-corrected chi connectivity index (χ3v) is 5.31. The molecule has 2 aliphatic heterocycles. The van der Waals surface area contributed by atoms with E-state index in [0.29, 0.717) is 11.3 Å². The van der Waals surface area contributed by atoms with Gasteiger partial charge in [0.25, 0.3) is 5.91 Å². The van der Waals surface area contributed by atoms with Crippen LogP contribution in [0.25, 0.3) is 0 Å². The lowest BCUT2D eigenvalue weighted by Crippen LogP contribution is -2.49. The molecule has 140 valence electrons. The standard InChI is InChI=1S/C21H23N3O3/c1-14(25)23-16-6-4-15(5-7-16)21(26)24-17-8-9-18(24)12-20(11-17)27-19-3-2-10-22-13-19/h2-7,10,13,17-18,20H,8-9,11-12H2,1H3,(H,23,25). The molecule has 1 aromatic heterocycles. The lowest BCUT2D eigenvalue weighted by molar-refractivity contribution is -0.114. The Morgan fingerprint density at radius 2 is 1.81 bits per heavy atom. The van der Waals surface area contributed by atoms with Gasteiger partial charge in [-0.3, -0.25) is 14.6 Å². The highest BCUT2D eigenvalue weighted by Crippen LogP contribution is 2.38. The number of fused-ring (bicyclic) bond motifs is 2. The Kier molecular flexibility index (Phi) is 4.79. The third-order valence-electron chi connectivity index (χ3n) is 5.31. The molecule has 2 aliphatic rings. The zero-order valence-electron chi connectivity index (χ0n) is 15.3. The molecule has 6 heteroatoms. The van der Waals surface area contributed by atoms with E-state index in [1.807, 2.05) is 17.0 Å². The number of hydrogen-bond donors (Lipinski definition) is 1. The lowest BCUT2D eigenvalue weighted by Gasteiger charge is -2.39. The average molecular weight is 365 g/mol. The predicted molar refractivity (Wildman–Crippen MR) is 102 cm³/mol. The Labute approximate surface area is 158 Å². The first-order valence-corrected chi connectivity index (χ1v) is 9.37. The van der Waals surface area contributed by atoms with Gasteiger partial charge in [-0.2, -0.15) is 0 Å². The van der Waals surface area contributed by atoms with Gasteiger partial charge < -0.3 is 15.0 Å². The average Bonchev–Trinajstić information content (AvgIpc) is 2.93. The topological polar surface area (TPSA) is 71.5 Å². The molecule has 0 saturated carbocycles. The lowest BCUT2D eigenvalue weighted by atomic mass is 9.98. The van der Waals surface area contributed by atoms with Crippen molar-refractivity contribution in [3.05, 3.63) is 54.4 Å². The number of aromatic nitrogens is 1. The number of carbonyl (C=O) groups excluding carboxylic acids is 2. The van der Waals surface area contributed by atoms with Crippen molar-refractivity contribution in [1.29, 1.82) is 0 Å². The third kappa shape index (κ3) is 3.79. The van der Waals surface area contributed by atoms with Crippen LogP contribution in [0.1, 0.15) is 43.0 Å². The second-order valence-electron chi connectivity index (χ2n) is 7.26. The molecule has 0 spiro atoms. The van der Waals surface area contributed by atoms with Crippen molar-refractivity contribution in [2.24, 2.45) is 0 Å². The second kappa shape index (κ2) is 7.39. The Morgan fingerprint density at radius 1 is 1.11 bits per heavy atom. The van der Waals surface area contributed by atoms with Gasteiger partial charge in [-0.15, -0.1) is 0 Å². The maximum Gasteiger partial charge on any atom is 0.254 e. The van der Waals surface area contributed by atoms with Crippen molar-refractivity contribution in [3.63, 3.8) is 0 Å². The Morgan fingerprint density at radius 3 is 2.41 bits per heavy atom. The molecule has 3 heterocycles. The SMILES string of the molecule is CC(=O)Nc1ccc(C(=O)N2C3CCC2CC(Oc2cccnc2)C3)cc1. The summed E-state index contributed by atoms with van der Waals surface area (Å²) in [5, 5.41) is 2.72. The van der Waals surface area contributed by atoms with Gasteiger partial charge in [0.1, 0.15) is 11.9 Å². The fourth-order valence-electron chi connectivity index (χ4n) is 4.21. The van der Waals surface area contributed by atoms with E-state index in [1.54, 1.807) is 36.7 Å². The Bertz CT molecular complexity index is 808. The summed E-state index contributed by atoms with van der Waals surface area (Å²) < 4.78 is 6.08. The molecule has 2 unspecified atom stereocenters. The Balaban J connectivity index is 1.43. The highest BCUT2D eigenvalue weighted by Gasteiger charge is 2.44. The molecular formula is C21H23N3O3. The van der Waals surface area contributed by atoms with Crippen LogP contribution in [0.2, 0.25) is 0 Å². The molecule has 2 amide bonds. The van der Waals surface area contributed by atoms with E-state index < -0.39 is 0 Å². The zero-order valence-corrected chi connectivity index (χ0v) is 15.3. The molecule has 4 rings (SSSR count). The second-order valence-corrected chi connectivity index (χ2v) is 7.26. The number of nitrogens with one attached hydrogen (secondary N) is 1. The molecule has 2 fully saturated rings. The fourth-order valence-corrected chi connectivity index (χ4v) is 4.21. The summed E-state index contributed by atoms with van der Waals surface area (Å²) in [5.41, 5.74) is 1.36. The quantitative estimate of drug-likeness (QED) is 0.903. The van der Waals surface area contributed by atoms with Crippen LogP contribution in [-0.2, 0) is 4.79 Å². The summed E-state index contributed by atoms with van der Waals surface area (Å²) in [4.78, 5) is 30.3. The van der Waals surface area contributed by atoms with Crippen LogP contribution in [0.15, 0.2) is 48.8 Å². The predicted octanol–water partition coefficient (Wildman–Crippen LogP) is 3.25. The summed E-state index contributed by atoms with van der Waals surface area (Å²) >= 11 is 0. The summed E-state index contributed by atoms with van der Waals surface area (Å²) in [6.45, 7) is 1.47. The molecule has 2 saturated heterocycles. The van der Waals surface area contributed by atoms with E-state index in [9.17, 15) is 9.59 Å². The van der Waals surface area contributed by atoms with E-state index in [-0.39, 0.29) is 30.0 Å². The highest BCUT2D eigenvalue weighted by molar-refractivity contribution is 5.96. The monoisotopic (exact) mass is 365 g/mol. The smallest absolute Gasteiger partial charge is 0.254 e. The first-order chi connectivity index (χ1) is 13.1. The number of nitrogens with zero attached hydrogens (tertiary/aromatic N) is 2. The molecule has 2 atom stereocenters. The molecule has 27 heavy (non-hydrogen) atoms. The van der Waals surface area contributed by atoms with E-state index in [4.69, 9.17) is 4.74 Å². The van der Waals surface area contributed by atoms with E-state index in [2.05, 4.69) is 10.3 Å². The van der Waals surface area contributed by atoms with Gasteiger partial charge in [0, 0.05) is 49.3 Å². The van der Waals surface area contributed by atoms with Crippen molar-refractivity contribution >= 4 is 17.5 Å². The summed E-state index contributed by atoms with van der Waals surface area (Å²) in [6, 6.07) is 11.3. The van der Waals surface area contributed by atoms with Crippen LogP contribution in [0.3, 0.4) is 0 Å². The van der Waals surface area contributed by atoms with Crippen molar-refractivity contribution in [2.75, 3.05) is 5.32 Å². The van der Waals surface area contributed by atoms with Crippen molar-refractivity contribution in [1.82, 2.24) is 9.88 Å². The van der Waals surface area contributed by atoms with Crippen molar-refractivity contribution in [3.8, 4) is 5.75 Å². The molecule has 0 radical (unpaired) electrons. The normalized spacial score (nSPS) is 23.7. The Hall–Kier alpha value is -2.89.